The largest absolute Gasteiger partial charge is 0.508 e. The van der Waals surface area contributed by atoms with Gasteiger partial charge in [0.2, 0.25) is 0 Å². The smallest absolute Gasteiger partial charge is 0.328 e. The zero-order chi connectivity index (χ0) is 22.5. The van der Waals surface area contributed by atoms with E-state index in [4.69, 9.17) is 4.74 Å². The second-order valence-corrected chi connectivity index (χ2v) is 6.89. The SMILES string of the molecule is COC(=O)C(Cc1ccc(O)cc1)NC(=O)c1nn(-c2cccc(C)c2)c(=O)cc1O. The lowest BCUT2D eigenvalue weighted by atomic mass is 10.1. The molecule has 0 bridgehead atoms. The quantitative estimate of drug-likeness (QED) is 0.512. The molecule has 0 aliphatic rings. The molecule has 0 radical (unpaired) electrons. The van der Waals surface area contributed by atoms with E-state index in [1.165, 1.54) is 19.2 Å². The number of phenols is 1. The Balaban J connectivity index is 1.91. The van der Waals surface area contributed by atoms with E-state index in [1.54, 1.807) is 30.3 Å². The predicted molar refractivity (Wildman–Crippen MR) is 111 cm³/mol. The molecule has 2 aromatic carbocycles. The van der Waals surface area contributed by atoms with E-state index < -0.39 is 34.9 Å². The molecule has 31 heavy (non-hydrogen) atoms. The molecule has 0 spiro atoms. The minimum atomic E-state index is -1.08. The van der Waals surface area contributed by atoms with Crippen LogP contribution in [-0.2, 0) is 16.0 Å². The third-order valence-corrected chi connectivity index (χ3v) is 4.54. The normalized spacial score (nSPS) is 11.5. The Morgan fingerprint density at radius 3 is 2.48 bits per heavy atom. The first-order valence-corrected chi connectivity index (χ1v) is 9.35. The van der Waals surface area contributed by atoms with Crippen LogP contribution in [-0.4, -0.2) is 45.0 Å². The van der Waals surface area contributed by atoms with Crippen LogP contribution in [0.1, 0.15) is 21.6 Å². The first-order chi connectivity index (χ1) is 14.8. The summed E-state index contributed by atoms with van der Waals surface area (Å²) < 4.78 is 5.75. The van der Waals surface area contributed by atoms with Gasteiger partial charge in [0.25, 0.3) is 11.5 Å². The van der Waals surface area contributed by atoms with Gasteiger partial charge in [0, 0.05) is 12.5 Å². The van der Waals surface area contributed by atoms with Gasteiger partial charge in [-0.2, -0.15) is 9.78 Å². The fourth-order valence-corrected chi connectivity index (χ4v) is 2.98. The van der Waals surface area contributed by atoms with E-state index in [0.29, 0.717) is 11.3 Å². The monoisotopic (exact) mass is 423 g/mol. The molecule has 0 saturated heterocycles. The number of nitrogens with zero attached hydrogens (tertiary/aromatic N) is 2. The van der Waals surface area contributed by atoms with Gasteiger partial charge in [-0.1, -0.05) is 24.3 Å². The third-order valence-electron chi connectivity index (χ3n) is 4.54. The molecule has 3 N–H and O–H groups in total. The van der Waals surface area contributed by atoms with Gasteiger partial charge in [0.15, 0.2) is 11.4 Å². The molecule has 1 unspecified atom stereocenters. The average molecular weight is 423 g/mol. The minimum absolute atomic E-state index is 0.0648. The van der Waals surface area contributed by atoms with Gasteiger partial charge < -0.3 is 20.3 Å². The van der Waals surface area contributed by atoms with Crippen molar-refractivity contribution in [1.82, 2.24) is 15.1 Å². The fraction of sp³-hybridized carbons (Fsp3) is 0.182. The van der Waals surface area contributed by atoms with E-state index in [0.717, 1.165) is 16.3 Å². The number of amides is 1. The van der Waals surface area contributed by atoms with Crippen molar-refractivity contribution < 1.29 is 24.5 Å². The molecule has 0 saturated carbocycles. The van der Waals surface area contributed by atoms with Crippen molar-refractivity contribution >= 4 is 11.9 Å². The number of methoxy groups -OCH3 is 1. The third kappa shape index (κ3) is 5.08. The summed E-state index contributed by atoms with van der Waals surface area (Å²) >= 11 is 0. The summed E-state index contributed by atoms with van der Waals surface area (Å²) in [5, 5.41) is 26.0. The minimum Gasteiger partial charge on any atom is -0.508 e. The van der Waals surface area contributed by atoms with Crippen molar-refractivity contribution in [2.45, 2.75) is 19.4 Å². The number of esters is 1. The van der Waals surface area contributed by atoms with Crippen LogP contribution in [0.3, 0.4) is 0 Å². The Bertz CT molecular complexity index is 1170. The lowest BCUT2D eigenvalue weighted by molar-refractivity contribution is -0.142. The van der Waals surface area contributed by atoms with Crippen LogP contribution in [0.15, 0.2) is 59.4 Å². The summed E-state index contributed by atoms with van der Waals surface area (Å²) in [5.41, 5.74) is 0.932. The Kier molecular flexibility index (Phi) is 6.35. The van der Waals surface area contributed by atoms with Crippen molar-refractivity contribution in [2.75, 3.05) is 7.11 Å². The van der Waals surface area contributed by atoms with Crippen molar-refractivity contribution in [1.29, 1.82) is 0 Å². The highest BCUT2D eigenvalue weighted by Crippen LogP contribution is 2.15. The van der Waals surface area contributed by atoms with Crippen LogP contribution < -0.4 is 10.9 Å². The van der Waals surface area contributed by atoms with Gasteiger partial charge in [0.05, 0.1) is 12.8 Å². The van der Waals surface area contributed by atoms with E-state index in [2.05, 4.69) is 10.4 Å². The van der Waals surface area contributed by atoms with Crippen LogP contribution in [0.4, 0.5) is 0 Å². The molecule has 9 nitrogen and oxygen atoms in total. The zero-order valence-corrected chi connectivity index (χ0v) is 16.9. The highest BCUT2D eigenvalue weighted by molar-refractivity contribution is 5.97. The number of hydrogen-bond donors (Lipinski definition) is 3. The number of carbonyl (C=O) groups is 2. The molecule has 9 heteroatoms. The average Bonchev–Trinajstić information content (AvgIpc) is 2.74. The van der Waals surface area contributed by atoms with Gasteiger partial charge in [-0.15, -0.1) is 0 Å². The van der Waals surface area contributed by atoms with E-state index >= 15 is 0 Å². The molecule has 3 rings (SSSR count). The number of carbonyl (C=O) groups excluding carboxylic acids is 2. The Morgan fingerprint density at radius 2 is 1.84 bits per heavy atom. The van der Waals surface area contributed by atoms with Crippen molar-refractivity contribution in [3.05, 3.63) is 81.8 Å². The number of ether oxygens (including phenoxy) is 1. The molecular formula is C22H21N3O6. The van der Waals surface area contributed by atoms with Crippen molar-refractivity contribution in [3.8, 4) is 17.2 Å². The molecule has 1 heterocycles. The van der Waals surface area contributed by atoms with Gasteiger partial charge in [-0.05, 0) is 42.3 Å². The van der Waals surface area contributed by atoms with Crippen LogP contribution in [0.2, 0.25) is 0 Å². The van der Waals surface area contributed by atoms with Gasteiger partial charge in [-0.25, -0.2) is 4.79 Å². The highest BCUT2D eigenvalue weighted by Gasteiger charge is 2.25. The molecular weight excluding hydrogens is 402 g/mol. The molecule has 1 atom stereocenters. The Hall–Kier alpha value is -4.14. The number of benzene rings is 2. The molecule has 160 valence electrons. The number of nitrogens with one attached hydrogen (secondary N) is 1. The van der Waals surface area contributed by atoms with Gasteiger partial charge >= 0.3 is 5.97 Å². The topological polar surface area (TPSA) is 131 Å². The highest BCUT2D eigenvalue weighted by atomic mass is 16.5. The summed E-state index contributed by atoms with van der Waals surface area (Å²) in [7, 11) is 1.19. The van der Waals surface area contributed by atoms with E-state index in [-0.39, 0.29) is 12.2 Å². The van der Waals surface area contributed by atoms with Crippen LogP contribution in [0.5, 0.6) is 11.5 Å². The van der Waals surface area contributed by atoms with Gasteiger partial charge in [0.1, 0.15) is 11.8 Å². The van der Waals surface area contributed by atoms with Crippen LogP contribution >= 0.6 is 0 Å². The Morgan fingerprint density at radius 1 is 1.13 bits per heavy atom. The first kappa shape index (κ1) is 21.6. The van der Waals surface area contributed by atoms with E-state index in [9.17, 15) is 24.6 Å². The maximum absolute atomic E-state index is 12.8. The number of phenolic OH excluding ortho intramolecular Hbond substituents is 1. The maximum Gasteiger partial charge on any atom is 0.328 e. The van der Waals surface area contributed by atoms with Crippen molar-refractivity contribution in [3.63, 3.8) is 0 Å². The zero-order valence-electron chi connectivity index (χ0n) is 16.9. The number of rotatable bonds is 6. The first-order valence-electron chi connectivity index (χ1n) is 9.35. The summed E-state index contributed by atoms with van der Waals surface area (Å²) in [5.74, 6) is -2.10. The molecule has 0 aliphatic carbocycles. The second-order valence-electron chi connectivity index (χ2n) is 6.89. The Labute approximate surface area is 177 Å². The fourth-order valence-electron chi connectivity index (χ4n) is 2.98. The molecule has 0 fully saturated rings. The van der Waals surface area contributed by atoms with Crippen LogP contribution in [0, 0.1) is 6.92 Å². The molecule has 1 amide bonds. The lowest BCUT2D eigenvalue weighted by Gasteiger charge is -2.17. The number of aryl methyl sites for hydroxylation is 1. The van der Waals surface area contributed by atoms with E-state index in [1.807, 2.05) is 13.0 Å². The number of hydrogen-bond acceptors (Lipinski definition) is 7. The molecule has 3 aromatic rings. The maximum atomic E-state index is 12.8. The molecule has 1 aromatic heterocycles. The lowest BCUT2D eigenvalue weighted by Crippen LogP contribution is -2.43. The summed E-state index contributed by atoms with van der Waals surface area (Å²) in [6.07, 6.45) is 0.0803. The van der Waals surface area contributed by atoms with Crippen molar-refractivity contribution in [2.24, 2.45) is 0 Å². The second kappa shape index (κ2) is 9.12. The summed E-state index contributed by atoms with van der Waals surface area (Å²) in [6, 6.07) is 12.8. The standard InChI is InChI=1S/C22H21N3O6/c1-13-4-3-5-15(10-13)25-19(28)12-18(27)20(24-25)21(29)23-17(22(30)31-2)11-14-6-8-16(26)9-7-14/h3-10,12,17,26-27H,11H2,1-2H3,(H,23,29). The number of aromatic nitrogens is 2. The summed E-state index contributed by atoms with van der Waals surface area (Å²) in [4.78, 5) is 37.3. The molecule has 0 aliphatic heterocycles. The number of aromatic hydroxyl groups is 2. The van der Waals surface area contributed by atoms with Gasteiger partial charge in [-0.3, -0.25) is 9.59 Å². The predicted octanol–water partition coefficient (Wildman–Crippen LogP) is 1.47. The van der Waals surface area contributed by atoms with Crippen LogP contribution in [0.25, 0.3) is 5.69 Å². The summed E-state index contributed by atoms with van der Waals surface area (Å²) in [6.45, 7) is 1.84.